The van der Waals surface area contributed by atoms with Gasteiger partial charge in [-0.3, -0.25) is 4.79 Å². The Morgan fingerprint density at radius 2 is 1.45 bits per heavy atom. The second-order valence-corrected chi connectivity index (χ2v) is 6.60. The van der Waals surface area contributed by atoms with E-state index in [-0.39, 0.29) is 16.3 Å². The standard InChI is InChI=1S/C21H15F6NO3/c1-31-14-9-6-13(7-10-14)18(29)28-17-15-5-3-2-4-12(15)8-11-16(17)19(30,20(22,23)24)21(25,26)27/h2-11,30H,1H3,(H,28,29). The molecular weight excluding hydrogens is 428 g/mol. The number of amides is 1. The normalized spacial score (nSPS) is 12.6. The first kappa shape index (κ1) is 22.4. The maximum Gasteiger partial charge on any atom is 0.430 e. The van der Waals surface area contributed by atoms with Crippen LogP contribution in [0, 0.1) is 0 Å². The average molecular weight is 443 g/mol. The van der Waals surface area contributed by atoms with Crippen molar-refractivity contribution in [2.45, 2.75) is 18.0 Å². The molecule has 0 aromatic heterocycles. The van der Waals surface area contributed by atoms with E-state index in [0.29, 0.717) is 11.8 Å². The van der Waals surface area contributed by atoms with Gasteiger partial charge in [0.05, 0.1) is 12.8 Å². The van der Waals surface area contributed by atoms with Crippen molar-refractivity contribution in [1.82, 2.24) is 0 Å². The van der Waals surface area contributed by atoms with Crippen LogP contribution in [0.2, 0.25) is 0 Å². The summed E-state index contributed by atoms with van der Waals surface area (Å²) in [7, 11) is 1.38. The summed E-state index contributed by atoms with van der Waals surface area (Å²) in [6, 6.07) is 12.5. The first-order valence-corrected chi connectivity index (χ1v) is 8.73. The third-order valence-corrected chi connectivity index (χ3v) is 4.73. The van der Waals surface area contributed by atoms with Crippen molar-refractivity contribution in [3.05, 3.63) is 71.8 Å². The fraction of sp³-hybridized carbons (Fsp3) is 0.190. The molecule has 4 nitrogen and oxygen atoms in total. The van der Waals surface area contributed by atoms with Crippen LogP contribution < -0.4 is 10.1 Å². The Bertz CT molecular complexity index is 1090. The fourth-order valence-corrected chi connectivity index (χ4v) is 3.10. The number of carbonyl (C=O) groups is 1. The van der Waals surface area contributed by atoms with Gasteiger partial charge >= 0.3 is 12.4 Å². The topological polar surface area (TPSA) is 58.6 Å². The van der Waals surface area contributed by atoms with Crippen LogP contribution in [0.3, 0.4) is 0 Å². The number of aliphatic hydroxyl groups is 1. The molecule has 0 heterocycles. The molecule has 0 unspecified atom stereocenters. The van der Waals surface area contributed by atoms with Crippen LogP contribution in [0.25, 0.3) is 10.8 Å². The molecule has 0 atom stereocenters. The molecule has 0 bridgehead atoms. The summed E-state index contributed by atoms with van der Waals surface area (Å²) < 4.78 is 86.0. The Hall–Kier alpha value is -3.27. The van der Waals surface area contributed by atoms with Gasteiger partial charge in [-0.15, -0.1) is 0 Å². The highest BCUT2D eigenvalue weighted by molar-refractivity contribution is 6.10. The van der Waals surface area contributed by atoms with Crippen LogP contribution in [0.4, 0.5) is 32.0 Å². The molecular formula is C21H15F6NO3. The third kappa shape index (κ3) is 3.90. The highest BCUT2D eigenvalue weighted by Crippen LogP contribution is 2.53. The van der Waals surface area contributed by atoms with Gasteiger partial charge in [-0.1, -0.05) is 36.4 Å². The van der Waals surface area contributed by atoms with E-state index in [1.54, 1.807) is 0 Å². The molecule has 3 aromatic rings. The van der Waals surface area contributed by atoms with E-state index in [9.17, 15) is 36.2 Å². The van der Waals surface area contributed by atoms with Crippen molar-refractivity contribution in [3.8, 4) is 5.75 Å². The molecule has 0 radical (unpaired) electrons. The van der Waals surface area contributed by atoms with Gasteiger partial charge in [0, 0.05) is 16.5 Å². The molecule has 3 rings (SSSR count). The minimum Gasteiger partial charge on any atom is -0.497 e. The number of hydrogen-bond donors (Lipinski definition) is 2. The summed E-state index contributed by atoms with van der Waals surface area (Å²) in [5.74, 6) is -0.571. The van der Waals surface area contributed by atoms with E-state index < -0.39 is 35.1 Å². The van der Waals surface area contributed by atoms with Crippen molar-refractivity contribution in [3.63, 3.8) is 0 Å². The lowest BCUT2D eigenvalue weighted by atomic mass is 9.88. The largest absolute Gasteiger partial charge is 0.497 e. The van der Waals surface area contributed by atoms with E-state index in [4.69, 9.17) is 4.74 Å². The molecule has 10 heteroatoms. The first-order valence-electron chi connectivity index (χ1n) is 8.73. The quantitative estimate of drug-likeness (QED) is 0.530. The zero-order valence-corrected chi connectivity index (χ0v) is 15.8. The summed E-state index contributed by atoms with van der Waals surface area (Å²) in [5, 5.41) is 12.2. The predicted octanol–water partition coefficient (Wildman–Crippen LogP) is 5.41. The second kappa shape index (κ2) is 7.77. The molecule has 0 fully saturated rings. The van der Waals surface area contributed by atoms with Crippen LogP contribution >= 0.6 is 0 Å². The molecule has 0 saturated heterocycles. The highest BCUT2D eigenvalue weighted by Gasteiger charge is 2.72. The SMILES string of the molecule is COc1ccc(C(=O)Nc2c(C(O)(C(F)(F)F)C(F)(F)F)ccc3ccccc23)cc1. The van der Waals surface area contributed by atoms with Crippen LogP contribution in [-0.4, -0.2) is 30.5 Å². The van der Waals surface area contributed by atoms with Gasteiger partial charge in [-0.05, 0) is 29.7 Å². The number of ether oxygens (including phenoxy) is 1. The van der Waals surface area contributed by atoms with Crippen LogP contribution in [0.15, 0.2) is 60.7 Å². The number of alkyl halides is 6. The summed E-state index contributed by atoms with van der Waals surface area (Å²) >= 11 is 0. The van der Waals surface area contributed by atoms with Gasteiger partial charge in [0.2, 0.25) is 0 Å². The summed E-state index contributed by atoms with van der Waals surface area (Å²) in [6.45, 7) is 0. The number of carbonyl (C=O) groups excluding carboxylic acids is 1. The lowest BCUT2D eigenvalue weighted by Crippen LogP contribution is -2.54. The molecule has 3 aromatic carbocycles. The molecule has 0 aliphatic carbocycles. The average Bonchev–Trinajstić information content (AvgIpc) is 2.71. The number of fused-ring (bicyclic) bond motifs is 1. The van der Waals surface area contributed by atoms with Crippen molar-refractivity contribution < 1.29 is 41.0 Å². The van der Waals surface area contributed by atoms with E-state index in [1.807, 2.05) is 0 Å². The number of halogens is 6. The zero-order chi connectivity index (χ0) is 23.0. The molecule has 2 N–H and O–H groups in total. The van der Waals surface area contributed by atoms with Crippen LogP contribution in [0.1, 0.15) is 15.9 Å². The molecule has 164 valence electrons. The predicted molar refractivity (Wildman–Crippen MR) is 101 cm³/mol. The van der Waals surface area contributed by atoms with E-state index in [2.05, 4.69) is 5.32 Å². The van der Waals surface area contributed by atoms with Gasteiger partial charge in [0.25, 0.3) is 11.5 Å². The lowest BCUT2D eigenvalue weighted by Gasteiger charge is -2.34. The Morgan fingerprint density at radius 1 is 0.871 bits per heavy atom. The Labute approximate surface area is 172 Å². The monoisotopic (exact) mass is 443 g/mol. The Morgan fingerprint density at radius 3 is 2.00 bits per heavy atom. The number of benzene rings is 3. The number of anilines is 1. The van der Waals surface area contributed by atoms with Crippen molar-refractivity contribution in [2.24, 2.45) is 0 Å². The van der Waals surface area contributed by atoms with E-state index >= 15 is 0 Å². The van der Waals surface area contributed by atoms with Crippen molar-refractivity contribution in [2.75, 3.05) is 12.4 Å². The van der Waals surface area contributed by atoms with Gasteiger partial charge in [-0.25, -0.2) is 0 Å². The summed E-state index contributed by atoms with van der Waals surface area (Å²) in [4.78, 5) is 12.6. The van der Waals surface area contributed by atoms with Crippen LogP contribution in [0.5, 0.6) is 5.75 Å². The highest BCUT2D eigenvalue weighted by atomic mass is 19.4. The van der Waals surface area contributed by atoms with Gasteiger partial charge in [0.1, 0.15) is 5.75 Å². The minimum atomic E-state index is -6.10. The molecule has 0 spiro atoms. The first-order chi connectivity index (χ1) is 14.4. The molecule has 31 heavy (non-hydrogen) atoms. The van der Waals surface area contributed by atoms with E-state index in [1.165, 1.54) is 55.6 Å². The van der Waals surface area contributed by atoms with Gasteiger partial charge in [-0.2, -0.15) is 26.3 Å². The maximum atomic E-state index is 13.5. The van der Waals surface area contributed by atoms with Gasteiger partial charge < -0.3 is 15.2 Å². The molecule has 0 aliphatic rings. The number of methoxy groups -OCH3 is 1. The van der Waals surface area contributed by atoms with E-state index in [0.717, 1.165) is 6.07 Å². The Balaban J connectivity index is 2.22. The summed E-state index contributed by atoms with van der Waals surface area (Å²) in [5.41, 5.74) is -7.57. The zero-order valence-electron chi connectivity index (χ0n) is 15.8. The Kier molecular flexibility index (Phi) is 5.62. The number of nitrogens with one attached hydrogen (secondary N) is 1. The third-order valence-electron chi connectivity index (χ3n) is 4.73. The molecule has 0 saturated carbocycles. The summed E-state index contributed by atoms with van der Waals surface area (Å²) in [6.07, 6.45) is -12.2. The van der Waals surface area contributed by atoms with Crippen LogP contribution in [-0.2, 0) is 5.60 Å². The number of hydrogen-bond acceptors (Lipinski definition) is 3. The minimum absolute atomic E-state index is 0.0396. The van der Waals surface area contributed by atoms with Gasteiger partial charge in [0.15, 0.2) is 0 Å². The lowest BCUT2D eigenvalue weighted by molar-refractivity contribution is -0.375. The smallest absolute Gasteiger partial charge is 0.430 e. The second-order valence-electron chi connectivity index (χ2n) is 6.60. The molecule has 0 aliphatic heterocycles. The van der Waals surface area contributed by atoms with Crippen molar-refractivity contribution >= 4 is 22.4 Å². The van der Waals surface area contributed by atoms with Crippen molar-refractivity contribution in [1.29, 1.82) is 0 Å². The maximum absolute atomic E-state index is 13.5. The fourth-order valence-electron chi connectivity index (χ4n) is 3.10. The number of rotatable bonds is 4. The molecule has 1 amide bonds.